The number of carbonyl (C=O) groups is 1. The highest BCUT2D eigenvalue weighted by atomic mass is 16.3. The molecule has 1 saturated heterocycles. The first-order valence-corrected chi connectivity index (χ1v) is 4.31. The Labute approximate surface area is 72.3 Å². The molecule has 4 heteroatoms. The Balaban J connectivity index is 2.46. The van der Waals surface area contributed by atoms with Crippen LogP contribution in [0.15, 0.2) is 0 Å². The van der Waals surface area contributed by atoms with Crippen LogP contribution in [-0.4, -0.2) is 41.1 Å². The Kier molecular flexibility index (Phi) is 3.05. The quantitative estimate of drug-likeness (QED) is 0.580. The van der Waals surface area contributed by atoms with E-state index in [-0.39, 0.29) is 24.6 Å². The zero-order valence-electron chi connectivity index (χ0n) is 7.36. The van der Waals surface area contributed by atoms with Crippen LogP contribution in [0.4, 0.5) is 0 Å². The molecule has 0 saturated carbocycles. The lowest BCUT2D eigenvalue weighted by Gasteiger charge is -2.35. The van der Waals surface area contributed by atoms with Gasteiger partial charge >= 0.3 is 0 Å². The van der Waals surface area contributed by atoms with Crippen LogP contribution in [0.5, 0.6) is 0 Å². The van der Waals surface area contributed by atoms with E-state index in [4.69, 9.17) is 5.73 Å². The smallest absolute Gasteiger partial charge is 0.231 e. The monoisotopic (exact) mass is 172 g/mol. The first-order chi connectivity index (χ1) is 5.61. The molecule has 0 aromatic carbocycles. The van der Waals surface area contributed by atoms with Crippen molar-refractivity contribution in [3.63, 3.8) is 0 Å². The molecule has 0 aromatic rings. The maximum absolute atomic E-state index is 10.6. The highest BCUT2D eigenvalue weighted by molar-refractivity contribution is 5.75. The molecule has 3 N–H and O–H groups in total. The van der Waals surface area contributed by atoms with Crippen molar-refractivity contribution in [2.75, 3.05) is 13.1 Å². The molecule has 1 aliphatic rings. The summed E-state index contributed by atoms with van der Waals surface area (Å²) in [6.45, 7) is 3.05. The van der Waals surface area contributed by atoms with Crippen LogP contribution < -0.4 is 5.73 Å². The van der Waals surface area contributed by atoms with E-state index in [1.165, 1.54) is 0 Å². The fraction of sp³-hybridized carbons (Fsp3) is 0.875. The lowest BCUT2D eigenvalue weighted by atomic mass is 10.0. The minimum atomic E-state index is -0.323. The van der Waals surface area contributed by atoms with E-state index in [1.54, 1.807) is 0 Å². The summed E-state index contributed by atoms with van der Waals surface area (Å²) in [6.07, 6.45) is 1.47. The minimum absolute atomic E-state index is 0.0613. The Hall–Kier alpha value is -0.610. The highest BCUT2D eigenvalue weighted by Gasteiger charge is 2.26. The van der Waals surface area contributed by atoms with Gasteiger partial charge in [-0.3, -0.25) is 9.69 Å². The molecule has 1 heterocycles. The van der Waals surface area contributed by atoms with E-state index in [0.29, 0.717) is 0 Å². The molecule has 0 spiro atoms. The minimum Gasteiger partial charge on any atom is -0.392 e. The average Bonchev–Trinajstić information content (AvgIpc) is 1.98. The Morgan fingerprint density at radius 1 is 1.75 bits per heavy atom. The van der Waals surface area contributed by atoms with Crippen LogP contribution in [0.1, 0.15) is 19.8 Å². The summed E-state index contributed by atoms with van der Waals surface area (Å²) in [7, 11) is 0. The topological polar surface area (TPSA) is 66.6 Å². The van der Waals surface area contributed by atoms with Gasteiger partial charge in [0.15, 0.2) is 0 Å². The molecule has 4 nitrogen and oxygen atoms in total. The summed E-state index contributed by atoms with van der Waals surface area (Å²) in [5.41, 5.74) is 5.07. The molecule has 70 valence electrons. The molecule has 1 aliphatic heterocycles. The number of hydrogen-bond donors (Lipinski definition) is 2. The standard InChI is InChI=1S/C8H16N2O2/c1-6-7(11)3-2-4-10(6)5-8(9)12/h6-7,11H,2-5H2,1H3,(H2,9,12). The van der Waals surface area contributed by atoms with E-state index < -0.39 is 0 Å². The Bertz CT molecular complexity index is 172. The number of carbonyl (C=O) groups excluding carboxylic acids is 1. The SMILES string of the molecule is CC1C(O)CCCN1CC(N)=O. The molecule has 0 aliphatic carbocycles. The van der Waals surface area contributed by atoms with Crippen molar-refractivity contribution in [2.45, 2.75) is 31.9 Å². The number of hydrogen-bond acceptors (Lipinski definition) is 3. The van der Waals surface area contributed by atoms with Gasteiger partial charge < -0.3 is 10.8 Å². The third-order valence-electron chi connectivity index (χ3n) is 2.44. The number of rotatable bonds is 2. The lowest BCUT2D eigenvalue weighted by molar-refractivity contribution is -0.120. The van der Waals surface area contributed by atoms with Crippen LogP contribution in [-0.2, 0) is 4.79 Å². The van der Waals surface area contributed by atoms with Gasteiger partial charge in [0, 0.05) is 6.04 Å². The molecular formula is C8H16N2O2. The van der Waals surface area contributed by atoms with Gasteiger partial charge in [0.1, 0.15) is 0 Å². The van der Waals surface area contributed by atoms with E-state index in [1.807, 2.05) is 11.8 Å². The Morgan fingerprint density at radius 3 is 3.00 bits per heavy atom. The van der Waals surface area contributed by atoms with Crippen molar-refractivity contribution < 1.29 is 9.90 Å². The fourth-order valence-electron chi connectivity index (χ4n) is 1.61. The zero-order valence-corrected chi connectivity index (χ0v) is 7.36. The van der Waals surface area contributed by atoms with Crippen LogP contribution in [0.3, 0.4) is 0 Å². The first-order valence-electron chi connectivity index (χ1n) is 4.31. The van der Waals surface area contributed by atoms with Gasteiger partial charge in [0.25, 0.3) is 0 Å². The molecule has 0 aromatic heterocycles. The second-order valence-corrected chi connectivity index (χ2v) is 3.39. The van der Waals surface area contributed by atoms with Crippen molar-refractivity contribution >= 4 is 5.91 Å². The highest BCUT2D eigenvalue weighted by Crippen LogP contribution is 2.16. The molecule has 1 fully saturated rings. The van der Waals surface area contributed by atoms with Gasteiger partial charge in [-0.15, -0.1) is 0 Å². The van der Waals surface area contributed by atoms with Crippen molar-refractivity contribution in [1.82, 2.24) is 4.90 Å². The number of nitrogens with two attached hydrogens (primary N) is 1. The first kappa shape index (κ1) is 9.48. The molecule has 12 heavy (non-hydrogen) atoms. The molecule has 0 bridgehead atoms. The van der Waals surface area contributed by atoms with Crippen molar-refractivity contribution in [3.8, 4) is 0 Å². The normalized spacial score (nSPS) is 31.8. The van der Waals surface area contributed by atoms with Crippen molar-refractivity contribution in [1.29, 1.82) is 0 Å². The Morgan fingerprint density at radius 2 is 2.42 bits per heavy atom. The second-order valence-electron chi connectivity index (χ2n) is 3.39. The number of nitrogens with zero attached hydrogens (tertiary/aromatic N) is 1. The van der Waals surface area contributed by atoms with Gasteiger partial charge in [-0.05, 0) is 26.3 Å². The van der Waals surface area contributed by atoms with Crippen LogP contribution in [0.2, 0.25) is 0 Å². The molecular weight excluding hydrogens is 156 g/mol. The number of likely N-dealkylation sites (tertiary alicyclic amines) is 1. The predicted octanol–water partition coefficient (Wildman–Crippen LogP) is -0.683. The summed E-state index contributed by atoms with van der Waals surface area (Å²) < 4.78 is 0. The van der Waals surface area contributed by atoms with Crippen LogP contribution in [0, 0.1) is 0 Å². The summed E-state index contributed by atoms with van der Waals surface area (Å²) in [6, 6.07) is 0.0613. The van der Waals surface area contributed by atoms with E-state index in [0.717, 1.165) is 19.4 Å². The maximum atomic E-state index is 10.6. The van der Waals surface area contributed by atoms with E-state index >= 15 is 0 Å². The number of piperidine rings is 1. The van der Waals surface area contributed by atoms with Crippen molar-refractivity contribution in [2.24, 2.45) is 5.73 Å². The van der Waals surface area contributed by atoms with Crippen LogP contribution in [0.25, 0.3) is 0 Å². The molecule has 1 rings (SSSR count). The second kappa shape index (κ2) is 3.87. The van der Waals surface area contributed by atoms with Gasteiger partial charge in [0.05, 0.1) is 12.6 Å². The summed E-state index contributed by atoms with van der Waals surface area (Å²) in [5.74, 6) is -0.323. The third kappa shape index (κ3) is 2.19. The lowest BCUT2D eigenvalue weighted by Crippen LogP contribution is -2.49. The number of aliphatic hydroxyl groups excluding tert-OH is 1. The van der Waals surface area contributed by atoms with Gasteiger partial charge in [-0.25, -0.2) is 0 Å². The van der Waals surface area contributed by atoms with Crippen LogP contribution >= 0.6 is 0 Å². The zero-order chi connectivity index (χ0) is 9.14. The summed E-state index contributed by atoms with van der Waals surface area (Å²) >= 11 is 0. The molecule has 1 amide bonds. The number of primary amides is 1. The fourth-order valence-corrected chi connectivity index (χ4v) is 1.61. The van der Waals surface area contributed by atoms with Gasteiger partial charge in [0.2, 0.25) is 5.91 Å². The van der Waals surface area contributed by atoms with Gasteiger partial charge in [-0.2, -0.15) is 0 Å². The largest absolute Gasteiger partial charge is 0.392 e. The average molecular weight is 172 g/mol. The van der Waals surface area contributed by atoms with Crippen molar-refractivity contribution in [3.05, 3.63) is 0 Å². The number of amides is 1. The summed E-state index contributed by atoms with van der Waals surface area (Å²) in [5, 5.41) is 9.47. The van der Waals surface area contributed by atoms with Gasteiger partial charge in [-0.1, -0.05) is 0 Å². The summed E-state index contributed by atoms with van der Waals surface area (Å²) in [4.78, 5) is 12.5. The third-order valence-corrected chi connectivity index (χ3v) is 2.44. The molecule has 2 unspecified atom stereocenters. The predicted molar refractivity (Wildman–Crippen MR) is 45.5 cm³/mol. The molecule has 2 atom stereocenters. The molecule has 0 radical (unpaired) electrons. The van der Waals surface area contributed by atoms with E-state index in [2.05, 4.69) is 0 Å². The van der Waals surface area contributed by atoms with E-state index in [9.17, 15) is 9.90 Å². The number of aliphatic hydroxyl groups is 1. The maximum Gasteiger partial charge on any atom is 0.231 e.